The average Bonchev–Trinajstić information content (AvgIpc) is 2.30. The molecule has 0 radical (unpaired) electrons. The summed E-state index contributed by atoms with van der Waals surface area (Å²) in [7, 11) is 0. The van der Waals surface area contributed by atoms with Crippen LogP contribution in [0.15, 0.2) is 127 Å². The number of ether oxygens (including phenoxy) is 3. The normalized spacial score (nSPS) is 21.2. The molecule has 0 aliphatic carbocycles. The molecule has 18 nitrogen and oxygen atoms in total. The number of anilines is 3. The predicted molar refractivity (Wildman–Crippen MR) is 315 cm³/mol. The number of amides is 6. The molecular formula is C66H72N6O12. The highest BCUT2D eigenvalue weighted by Crippen LogP contribution is 2.39. The van der Waals surface area contributed by atoms with Gasteiger partial charge in [-0.05, 0) is 133 Å². The van der Waals surface area contributed by atoms with Crippen LogP contribution in [-0.2, 0) is 34.0 Å². The lowest BCUT2D eigenvalue weighted by Gasteiger charge is -2.31. The van der Waals surface area contributed by atoms with Gasteiger partial charge in [0.15, 0.2) is 18.7 Å². The van der Waals surface area contributed by atoms with E-state index in [9.17, 15) is 44.1 Å². The summed E-state index contributed by atoms with van der Waals surface area (Å²) in [6.45, 7) is 13.7. The van der Waals surface area contributed by atoms with E-state index in [1.165, 1.54) is 14.7 Å². The minimum absolute atomic E-state index is 0.103. The number of rotatable bonds is 6. The van der Waals surface area contributed by atoms with E-state index in [0.717, 1.165) is 69.3 Å². The maximum atomic E-state index is 13.1. The Hall–Kier alpha value is -8.58. The number of aliphatic hydroxyl groups excluding tert-OH is 3. The van der Waals surface area contributed by atoms with Crippen LogP contribution < -0.4 is 14.7 Å². The molecule has 6 aliphatic rings. The van der Waals surface area contributed by atoms with Crippen molar-refractivity contribution in [3.8, 4) is 0 Å². The summed E-state index contributed by atoms with van der Waals surface area (Å²) in [6, 6.07) is 37.8. The van der Waals surface area contributed by atoms with Crippen LogP contribution in [0.1, 0.15) is 120 Å². The predicted octanol–water partition coefficient (Wildman–Crippen LogP) is 10.1. The zero-order valence-electron chi connectivity index (χ0n) is 48.3. The van der Waals surface area contributed by atoms with Crippen molar-refractivity contribution in [3.05, 3.63) is 194 Å². The van der Waals surface area contributed by atoms with Crippen LogP contribution in [0.2, 0.25) is 0 Å². The number of benzene rings is 6. The zero-order valence-corrected chi connectivity index (χ0v) is 48.3. The molecule has 84 heavy (non-hydrogen) atoms. The lowest BCUT2D eigenvalue weighted by Crippen LogP contribution is -2.50. The molecule has 0 bridgehead atoms. The standard InChI is InChI=1S/3C22H24N2O4/c1-14-8-10-16(11-9-14)13-28-22(27)24-17-6-3-5-15(2)19(17)21(26)23-12-4-7-18(23)20(24)25;2*1-14-5-8-16(9-6-14)13-28-22(27)24-18-10-7-15(2)12-17(18)20(25)23-11-3-4-19(23)21(24)26/h3,5-6,8-11,18,20,25H,4,7,12-13H2,1-2H3;2*5-10,12,19,21,26H,3-4,11,13H2,1-2H3/t18-,20-;2*19-,21-/m000/s1. The van der Waals surface area contributed by atoms with E-state index >= 15 is 0 Å². The highest BCUT2D eigenvalue weighted by Gasteiger charge is 2.48. The van der Waals surface area contributed by atoms with E-state index in [4.69, 9.17) is 14.2 Å². The Morgan fingerprint density at radius 2 is 0.738 bits per heavy atom. The number of aliphatic hydroxyl groups is 3. The van der Waals surface area contributed by atoms with E-state index in [2.05, 4.69) is 0 Å². The van der Waals surface area contributed by atoms with Gasteiger partial charge in [0, 0.05) is 19.6 Å². The van der Waals surface area contributed by atoms with Crippen LogP contribution in [0, 0.1) is 41.5 Å². The van der Waals surface area contributed by atoms with Gasteiger partial charge in [-0.3, -0.25) is 14.4 Å². The molecule has 6 aliphatic heterocycles. The number of carbonyl (C=O) groups excluding carboxylic acids is 6. The number of carbonyl (C=O) groups is 6. The zero-order chi connectivity index (χ0) is 59.5. The third kappa shape index (κ3) is 12.1. The highest BCUT2D eigenvalue weighted by atomic mass is 16.6. The second kappa shape index (κ2) is 25.1. The van der Waals surface area contributed by atoms with Crippen molar-refractivity contribution in [1.29, 1.82) is 0 Å². The summed E-state index contributed by atoms with van der Waals surface area (Å²) in [4.78, 5) is 86.8. The average molecular weight is 1140 g/mol. The molecule has 6 aromatic rings. The first-order valence-corrected chi connectivity index (χ1v) is 28.7. The van der Waals surface area contributed by atoms with Crippen molar-refractivity contribution in [2.45, 2.75) is 137 Å². The second-order valence-corrected chi connectivity index (χ2v) is 22.6. The molecule has 6 atom stereocenters. The van der Waals surface area contributed by atoms with E-state index in [0.29, 0.717) is 72.6 Å². The molecule has 0 unspecified atom stereocenters. The lowest BCUT2D eigenvalue weighted by molar-refractivity contribution is 0.0484. The lowest BCUT2D eigenvalue weighted by atomic mass is 10.0. The number of nitrogens with zero attached hydrogens (tertiary/aromatic N) is 6. The van der Waals surface area contributed by atoms with Crippen LogP contribution in [-0.4, -0.2) is 122 Å². The summed E-state index contributed by atoms with van der Waals surface area (Å²) in [5.41, 5.74) is 11.1. The van der Waals surface area contributed by atoms with Crippen molar-refractivity contribution in [3.63, 3.8) is 0 Å². The van der Waals surface area contributed by atoms with Crippen molar-refractivity contribution < 1.29 is 58.3 Å². The molecule has 3 fully saturated rings. The van der Waals surface area contributed by atoms with Crippen LogP contribution in [0.5, 0.6) is 0 Å². The minimum Gasteiger partial charge on any atom is -0.444 e. The highest BCUT2D eigenvalue weighted by molar-refractivity contribution is 6.07. The molecule has 0 aromatic heterocycles. The minimum atomic E-state index is -1.14. The summed E-state index contributed by atoms with van der Waals surface area (Å²) in [5, 5.41) is 33.0. The van der Waals surface area contributed by atoms with Gasteiger partial charge in [-0.15, -0.1) is 0 Å². The SMILES string of the molecule is Cc1ccc(COC(=O)N2c3ccc(C)cc3C(=O)N3CCC[C@H]3[C@@H]2O)cc1.Cc1ccc(COC(=O)N2c3ccc(C)cc3C(=O)N3CCC[C@H]3[C@@H]2O)cc1.Cc1ccc(COC(=O)N2c3cccc(C)c3C(=O)N3CCC[C@H]3[C@@H]2O)cc1. The molecule has 3 N–H and O–H groups in total. The van der Waals surface area contributed by atoms with E-state index in [-0.39, 0.29) is 37.5 Å². The van der Waals surface area contributed by atoms with Gasteiger partial charge < -0.3 is 44.2 Å². The van der Waals surface area contributed by atoms with Crippen LogP contribution >= 0.6 is 0 Å². The van der Waals surface area contributed by atoms with Gasteiger partial charge in [0.1, 0.15) is 19.8 Å². The van der Waals surface area contributed by atoms with E-state index in [1.807, 2.05) is 133 Å². The van der Waals surface area contributed by atoms with E-state index in [1.54, 1.807) is 51.1 Å². The maximum absolute atomic E-state index is 13.1. The van der Waals surface area contributed by atoms with Crippen molar-refractivity contribution in [2.75, 3.05) is 34.3 Å². The molecule has 438 valence electrons. The van der Waals surface area contributed by atoms with Crippen molar-refractivity contribution in [2.24, 2.45) is 0 Å². The molecule has 3 saturated heterocycles. The summed E-state index contributed by atoms with van der Waals surface area (Å²) in [6.07, 6.45) is -0.990. The fourth-order valence-corrected chi connectivity index (χ4v) is 12.0. The summed E-state index contributed by atoms with van der Waals surface area (Å²) in [5.74, 6) is -0.424. The Morgan fingerprint density at radius 3 is 1.10 bits per heavy atom. The maximum Gasteiger partial charge on any atom is 0.416 e. The molecule has 6 aromatic carbocycles. The summed E-state index contributed by atoms with van der Waals surface area (Å²) < 4.78 is 16.5. The fraction of sp³-hybridized carbons (Fsp3) is 0.364. The smallest absolute Gasteiger partial charge is 0.416 e. The van der Waals surface area contributed by atoms with Crippen LogP contribution in [0.4, 0.5) is 31.4 Å². The first-order chi connectivity index (χ1) is 40.4. The molecule has 18 heteroatoms. The van der Waals surface area contributed by atoms with Gasteiger partial charge in [-0.1, -0.05) is 125 Å². The van der Waals surface area contributed by atoms with Crippen LogP contribution in [0.3, 0.4) is 0 Å². The third-order valence-electron chi connectivity index (χ3n) is 16.6. The van der Waals surface area contributed by atoms with E-state index < -0.39 is 55.1 Å². The van der Waals surface area contributed by atoms with Gasteiger partial charge in [0.05, 0.1) is 51.9 Å². The molecule has 6 heterocycles. The Labute approximate surface area is 489 Å². The van der Waals surface area contributed by atoms with Gasteiger partial charge in [-0.2, -0.15) is 0 Å². The first-order valence-electron chi connectivity index (χ1n) is 28.7. The second-order valence-electron chi connectivity index (χ2n) is 22.6. The molecule has 12 rings (SSSR count). The molecule has 0 spiro atoms. The molecule has 0 saturated carbocycles. The Balaban J connectivity index is 0.000000140. The largest absolute Gasteiger partial charge is 0.444 e. The monoisotopic (exact) mass is 1140 g/mol. The first kappa shape index (κ1) is 58.6. The van der Waals surface area contributed by atoms with Crippen molar-refractivity contribution >= 4 is 53.1 Å². The number of hydrogen-bond acceptors (Lipinski definition) is 12. The Bertz CT molecular complexity index is 3290. The fourth-order valence-electron chi connectivity index (χ4n) is 12.0. The molecular weight excluding hydrogens is 1070 g/mol. The third-order valence-corrected chi connectivity index (χ3v) is 16.6. The van der Waals surface area contributed by atoms with Crippen molar-refractivity contribution in [1.82, 2.24) is 14.7 Å². The Kier molecular flexibility index (Phi) is 17.5. The van der Waals surface area contributed by atoms with Gasteiger partial charge in [-0.25, -0.2) is 29.1 Å². The van der Waals surface area contributed by atoms with Crippen LogP contribution in [0.25, 0.3) is 0 Å². The van der Waals surface area contributed by atoms with Gasteiger partial charge in [0.2, 0.25) is 0 Å². The quantitative estimate of drug-likeness (QED) is 0.133. The van der Waals surface area contributed by atoms with Gasteiger partial charge >= 0.3 is 18.3 Å². The number of fused-ring (bicyclic) bond motifs is 6. The van der Waals surface area contributed by atoms with Gasteiger partial charge in [0.25, 0.3) is 17.7 Å². The topological polar surface area (TPSA) is 210 Å². The molecule has 6 amide bonds. The summed E-state index contributed by atoms with van der Waals surface area (Å²) >= 11 is 0. The Morgan fingerprint density at radius 1 is 0.417 bits per heavy atom. The number of hydrogen-bond donors (Lipinski definition) is 3. The number of aryl methyl sites for hydroxylation is 6.